The number of carbonyl (C=O) groups excluding carboxylic acids is 1. The van der Waals surface area contributed by atoms with Crippen LogP contribution in [0.3, 0.4) is 0 Å². The normalized spacial score (nSPS) is 16.4. The topological polar surface area (TPSA) is 60.7 Å². The zero-order chi connectivity index (χ0) is 21.3. The third kappa shape index (κ3) is 3.82. The molecule has 1 aliphatic heterocycles. The van der Waals surface area contributed by atoms with E-state index in [0.717, 1.165) is 15.3 Å². The number of benzene rings is 1. The number of ether oxygens (including phenoxy) is 1. The highest BCUT2D eigenvalue weighted by atomic mass is 32.2. The summed E-state index contributed by atoms with van der Waals surface area (Å²) in [4.78, 5) is 33.5. The van der Waals surface area contributed by atoms with Gasteiger partial charge in [0.2, 0.25) is 0 Å². The molecular formula is C22H20N2O3S3. The number of rotatable bonds is 5. The number of esters is 1. The molecule has 4 rings (SSSR count). The van der Waals surface area contributed by atoms with Gasteiger partial charge in [0, 0.05) is 9.77 Å². The van der Waals surface area contributed by atoms with Crippen LogP contribution in [0.4, 0.5) is 0 Å². The second-order valence-electron chi connectivity index (χ2n) is 6.59. The van der Waals surface area contributed by atoms with E-state index in [1.807, 2.05) is 54.1 Å². The van der Waals surface area contributed by atoms with Crippen LogP contribution in [0.1, 0.15) is 30.3 Å². The van der Waals surface area contributed by atoms with Gasteiger partial charge in [-0.05, 0) is 55.3 Å². The Bertz CT molecular complexity index is 1280. The summed E-state index contributed by atoms with van der Waals surface area (Å²) in [7, 11) is 0. The molecule has 2 aromatic heterocycles. The van der Waals surface area contributed by atoms with E-state index in [4.69, 9.17) is 4.74 Å². The molecule has 0 fully saturated rings. The first-order chi connectivity index (χ1) is 14.5. The Kier molecular flexibility index (Phi) is 6.08. The lowest BCUT2D eigenvalue weighted by atomic mass is 9.96. The van der Waals surface area contributed by atoms with Crippen molar-refractivity contribution < 1.29 is 9.53 Å². The van der Waals surface area contributed by atoms with Crippen LogP contribution in [-0.2, 0) is 9.53 Å². The van der Waals surface area contributed by atoms with Crippen molar-refractivity contribution in [1.82, 2.24) is 4.57 Å². The van der Waals surface area contributed by atoms with Crippen molar-refractivity contribution in [2.45, 2.75) is 24.8 Å². The SMILES string of the molecule is CCOC(=O)C1=C(C)N=c2sc(=Cc3cccs3)c(=O)n2C1c1ccc(SC)cc1. The van der Waals surface area contributed by atoms with Gasteiger partial charge in [0.15, 0.2) is 4.80 Å². The van der Waals surface area contributed by atoms with E-state index in [1.54, 1.807) is 41.5 Å². The number of thiazole rings is 1. The predicted octanol–water partition coefficient (Wildman–Crippen LogP) is 3.58. The number of thioether (sulfide) groups is 1. The minimum Gasteiger partial charge on any atom is -0.463 e. The Hall–Kier alpha value is -2.42. The third-order valence-corrected chi connectivity index (χ3v) is 7.31. The number of nitrogens with zero attached hydrogens (tertiary/aromatic N) is 2. The highest BCUT2D eigenvalue weighted by Crippen LogP contribution is 2.31. The number of aromatic nitrogens is 1. The molecule has 3 heterocycles. The first kappa shape index (κ1) is 20.8. The molecule has 5 nitrogen and oxygen atoms in total. The van der Waals surface area contributed by atoms with E-state index in [0.29, 0.717) is 20.6 Å². The van der Waals surface area contributed by atoms with Gasteiger partial charge in [0.1, 0.15) is 0 Å². The quantitative estimate of drug-likeness (QED) is 0.435. The summed E-state index contributed by atoms with van der Waals surface area (Å²) in [6.07, 6.45) is 3.89. The highest BCUT2D eigenvalue weighted by Gasteiger charge is 2.33. The molecule has 1 atom stereocenters. The molecule has 30 heavy (non-hydrogen) atoms. The zero-order valence-corrected chi connectivity index (χ0v) is 19.2. The first-order valence-corrected chi connectivity index (χ1v) is 12.3. The second kappa shape index (κ2) is 8.75. The van der Waals surface area contributed by atoms with Crippen molar-refractivity contribution in [2.75, 3.05) is 12.9 Å². The highest BCUT2D eigenvalue weighted by molar-refractivity contribution is 7.98. The van der Waals surface area contributed by atoms with Crippen LogP contribution in [0.2, 0.25) is 0 Å². The summed E-state index contributed by atoms with van der Waals surface area (Å²) in [5, 5.41) is 1.97. The molecule has 154 valence electrons. The van der Waals surface area contributed by atoms with Gasteiger partial charge in [0.25, 0.3) is 5.56 Å². The molecule has 0 amide bonds. The zero-order valence-electron chi connectivity index (χ0n) is 16.7. The van der Waals surface area contributed by atoms with Crippen molar-refractivity contribution in [3.8, 4) is 0 Å². The van der Waals surface area contributed by atoms with E-state index >= 15 is 0 Å². The predicted molar refractivity (Wildman–Crippen MR) is 123 cm³/mol. The molecular weight excluding hydrogens is 436 g/mol. The van der Waals surface area contributed by atoms with E-state index < -0.39 is 12.0 Å². The molecule has 0 radical (unpaired) electrons. The summed E-state index contributed by atoms with van der Waals surface area (Å²) in [6, 6.07) is 11.3. The Balaban J connectivity index is 1.95. The van der Waals surface area contributed by atoms with Crippen molar-refractivity contribution in [2.24, 2.45) is 4.99 Å². The van der Waals surface area contributed by atoms with Gasteiger partial charge in [-0.25, -0.2) is 9.79 Å². The smallest absolute Gasteiger partial charge is 0.338 e. The van der Waals surface area contributed by atoms with Gasteiger partial charge in [-0.15, -0.1) is 23.1 Å². The van der Waals surface area contributed by atoms with Crippen molar-refractivity contribution in [3.05, 3.63) is 83.2 Å². The lowest BCUT2D eigenvalue weighted by molar-refractivity contribution is -0.139. The molecule has 1 aliphatic rings. The van der Waals surface area contributed by atoms with E-state index in [9.17, 15) is 9.59 Å². The summed E-state index contributed by atoms with van der Waals surface area (Å²) in [6.45, 7) is 3.83. The third-order valence-electron chi connectivity index (χ3n) is 4.77. The van der Waals surface area contributed by atoms with Gasteiger partial charge >= 0.3 is 5.97 Å². The van der Waals surface area contributed by atoms with Crippen LogP contribution < -0.4 is 14.9 Å². The first-order valence-electron chi connectivity index (χ1n) is 9.40. The molecule has 0 saturated heterocycles. The summed E-state index contributed by atoms with van der Waals surface area (Å²) in [5.74, 6) is -0.440. The number of allylic oxidation sites excluding steroid dienone is 1. The average Bonchev–Trinajstić information content (AvgIpc) is 3.36. The maximum absolute atomic E-state index is 13.4. The second-order valence-corrected chi connectivity index (χ2v) is 9.46. The van der Waals surface area contributed by atoms with Crippen molar-refractivity contribution in [1.29, 1.82) is 0 Å². The van der Waals surface area contributed by atoms with Crippen LogP contribution in [0.15, 0.2) is 67.7 Å². The Labute approximate surface area is 186 Å². The van der Waals surface area contributed by atoms with E-state index in [-0.39, 0.29) is 12.2 Å². The van der Waals surface area contributed by atoms with Gasteiger partial charge < -0.3 is 4.74 Å². The fourth-order valence-corrected chi connectivity index (χ4v) is 5.57. The largest absolute Gasteiger partial charge is 0.463 e. The average molecular weight is 457 g/mol. The van der Waals surface area contributed by atoms with Crippen LogP contribution in [0.25, 0.3) is 6.08 Å². The maximum atomic E-state index is 13.4. The molecule has 0 spiro atoms. The van der Waals surface area contributed by atoms with Crippen molar-refractivity contribution in [3.63, 3.8) is 0 Å². The summed E-state index contributed by atoms with van der Waals surface area (Å²) in [5.41, 5.74) is 1.69. The Morgan fingerprint density at radius 2 is 2.07 bits per heavy atom. The van der Waals surface area contributed by atoms with Gasteiger partial charge in [-0.3, -0.25) is 9.36 Å². The number of hydrogen-bond acceptors (Lipinski definition) is 7. The minimum absolute atomic E-state index is 0.152. The number of carbonyl (C=O) groups is 1. The molecule has 0 N–H and O–H groups in total. The number of thiophene rings is 1. The van der Waals surface area contributed by atoms with Gasteiger partial charge in [-0.2, -0.15) is 0 Å². The molecule has 8 heteroatoms. The lowest BCUT2D eigenvalue weighted by Gasteiger charge is -2.24. The standard InChI is InChI=1S/C22H20N2O3S3/c1-4-27-21(26)18-13(2)23-22-24(19(18)14-7-9-15(28-3)10-8-14)20(25)17(30-22)12-16-6-5-11-29-16/h5-12,19H,4H2,1-3H3. The van der Waals surface area contributed by atoms with Crippen LogP contribution in [0, 0.1) is 0 Å². The van der Waals surface area contributed by atoms with Crippen LogP contribution >= 0.6 is 34.4 Å². The fraction of sp³-hybridized carbons (Fsp3) is 0.227. The molecule has 1 unspecified atom stereocenters. The molecule has 0 aliphatic carbocycles. The lowest BCUT2D eigenvalue weighted by Crippen LogP contribution is -2.39. The summed E-state index contributed by atoms with van der Waals surface area (Å²) >= 11 is 4.56. The fourth-order valence-electron chi connectivity index (χ4n) is 3.40. The number of hydrogen-bond donors (Lipinski definition) is 0. The van der Waals surface area contributed by atoms with Crippen LogP contribution in [-0.4, -0.2) is 23.4 Å². The van der Waals surface area contributed by atoms with Gasteiger partial charge in [0.05, 0.1) is 28.5 Å². The van der Waals surface area contributed by atoms with Crippen molar-refractivity contribution >= 4 is 46.5 Å². The van der Waals surface area contributed by atoms with E-state index in [2.05, 4.69) is 4.99 Å². The Morgan fingerprint density at radius 1 is 1.30 bits per heavy atom. The summed E-state index contributed by atoms with van der Waals surface area (Å²) < 4.78 is 7.54. The maximum Gasteiger partial charge on any atom is 0.338 e. The van der Waals surface area contributed by atoms with Crippen LogP contribution in [0.5, 0.6) is 0 Å². The van der Waals surface area contributed by atoms with E-state index in [1.165, 1.54) is 11.3 Å². The molecule has 3 aromatic rings. The van der Waals surface area contributed by atoms with Gasteiger partial charge in [-0.1, -0.05) is 29.5 Å². The number of fused-ring (bicyclic) bond motifs is 1. The molecule has 0 saturated carbocycles. The monoisotopic (exact) mass is 456 g/mol. The Morgan fingerprint density at radius 3 is 2.70 bits per heavy atom. The minimum atomic E-state index is -0.568. The molecule has 0 bridgehead atoms. The molecule has 1 aromatic carbocycles.